The van der Waals surface area contributed by atoms with E-state index in [0.717, 1.165) is 0 Å². The molecule has 0 rings (SSSR count). The van der Waals surface area contributed by atoms with E-state index in [1.165, 1.54) is 0 Å². The summed E-state index contributed by atoms with van der Waals surface area (Å²) in [5, 5.41) is 0. The van der Waals surface area contributed by atoms with Gasteiger partial charge in [-0.25, -0.2) is 4.79 Å². The summed E-state index contributed by atoms with van der Waals surface area (Å²) in [4.78, 5) is 11.5. The van der Waals surface area contributed by atoms with E-state index in [2.05, 4.69) is 53.5 Å². The molecule has 0 bridgehead atoms. The molecule has 0 aliphatic carbocycles. The quantitative estimate of drug-likeness (QED) is 0.426. The van der Waals surface area contributed by atoms with Crippen molar-refractivity contribution in [2.24, 2.45) is 5.41 Å². The minimum atomic E-state index is -1.54. The number of carbonyl (C=O) groups excluding carboxylic acids is 1. The first-order valence-electron chi connectivity index (χ1n) is 6.85. The number of esters is 1. The third-order valence-corrected chi connectivity index (χ3v) is 9.60. The highest BCUT2D eigenvalue weighted by Crippen LogP contribution is 2.35. The van der Waals surface area contributed by atoms with E-state index in [0.29, 0.717) is 17.7 Å². The van der Waals surface area contributed by atoms with Gasteiger partial charge in [-0.1, -0.05) is 27.4 Å². The molecule has 0 saturated heterocycles. The van der Waals surface area contributed by atoms with Crippen LogP contribution in [0.5, 0.6) is 0 Å². The Morgan fingerprint density at radius 2 is 1.79 bits per heavy atom. The summed E-state index contributed by atoms with van der Waals surface area (Å²) in [7, 11) is -2.94. The SMILES string of the molecule is C=C(C)C(=O)OCC([SiH](C)O[Si](C)(C)C)C(C)(C)C. The Hall–Kier alpha value is -0.396. The van der Waals surface area contributed by atoms with Gasteiger partial charge >= 0.3 is 5.97 Å². The van der Waals surface area contributed by atoms with Crippen LogP contribution in [0.15, 0.2) is 12.2 Å². The molecule has 19 heavy (non-hydrogen) atoms. The van der Waals surface area contributed by atoms with Gasteiger partial charge in [0.05, 0.1) is 6.61 Å². The first kappa shape index (κ1) is 18.6. The molecule has 0 spiro atoms. The molecule has 3 nitrogen and oxygen atoms in total. The second-order valence-corrected chi connectivity index (χ2v) is 14.7. The fourth-order valence-electron chi connectivity index (χ4n) is 2.02. The maximum absolute atomic E-state index is 11.5. The zero-order chi connectivity index (χ0) is 15.4. The Morgan fingerprint density at radius 1 is 1.32 bits per heavy atom. The van der Waals surface area contributed by atoms with Crippen molar-refractivity contribution in [2.75, 3.05) is 6.61 Å². The second-order valence-electron chi connectivity index (χ2n) is 7.29. The van der Waals surface area contributed by atoms with Crippen molar-refractivity contribution in [1.82, 2.24) is 0 Å². The van der Waals surface area contributed by atoms with Crippen LogP contribution in [0.3, 0.4) is 0 Å². The lowest BCUT2D eigenvalue weighted by atomic mass is 9.92. The van der Waals surface area contributed by atoms with Crippen molar-refractivity contribution >= 4 is 23.3 Å². The largest absolute Gasteiger partial charge is 0.462 e. The molecule has 0 aromatic heterocycles. The van der Waals surface area contributed by atoms with E-state index in [4.69, 9.17) is 8.85 Å². The number of ether oxygens (including phenoxy) is 1. The molecule has 112 valence electrons. The number of carbonyl (C=O) groups is 1. The number of rotatable bonds is 6. The first-order valence-corrected chi connectivity index (χ1v) is 12.5. The van der Waals surface area contributed by atoms with Gasteiger partial charge < -0.3 is 8.85 Å². The third-order valence-electron chi connectivity index (χ3n) is 2.96. The molecular formula is C14H30O3Si2. The molecule has 0 aromatic rings. The lowest BCUT2D eigenvalue weighted by molar-refractivity contribution is -0.139. The zero-order valence-corrected chi connectivity index (χ0v) is 15.9. The van der Waals surface area contributed by atoms with Gasteiger partial charge in [-0.05, 0) is 38.5 Å². The smallest absolute Gasteiger partial charge is 0.333 e. The van der Waals surface area contributed by atoms with Crippen LogP contribution >= 0.6 is 0 Å². The molecule has 0 N–H and O–H groups in total. The predicted octanol–water partition coefficient (Wildman–Crippen LogP) is 3.73. The van der Waals surface area contributed by atoms with Crippen LogP contribution in [-0.4, -0.2) is 29.9 Å². The standard InChI is InChI=1S/C14H30O3Si2/c1-11(2)13(15)16-10-12(14(3,4)5)18(6)17-19(7,8)9/h12,18H,1,10H2,2-9H3. The van der Waals surface area contributed by atoms with E-state index in [-0.39, 0.29) is 11.4 Å². The summed E-state index contributed by atoms with van der Waals surface area (Å²) < 4.78 is 11.6. The fraction of sp³-hybridized carbons (Fsp3) is 0.786. The lowest BCUT2D eigenvalue weighted by Gasteiger charge is -2.36. The maximum Gasteiger partial charge on any atom is 0.333 e. The van der Waals surface area contributed by atoms with Crippen molar-refractivity contribution in [3.8, 4) is 0 Å². The number of hydrogen-bond donors (Lipinski definition) is 0. The van der Waals surface area contributed by atoms with Gasteiger partial charge in [0.15, 0.2) is 17.4 Å². The van der Waals surface area contributed by atoms with Crippen molar-refractivity contribution in [3.63, 3.8) is 0 Å². The van der Waals surface area contributed by atoms with Crippen LogP contribution in [0.2, 0.25) is 31.7 Å². The van der Waals surface area contributed by atoms with Crippen molar-refractivity contribution in [3.05, 3.63) is 12.2 Å². The summed E-state index contributed by atoms with van der Waals surface area (Å²) in [6.07, 6.45) is 0. The van der Waals surface area contributed by atoms with Crippen LogP contribution in [0.4, 0.5) is 0 Å². The van der Waals surface area contributed by atoms with Crippen molar-refractivity contribution in [1.29, 1.82) is 0 Å². The van der Waals surface area contributed by atoms with E-state index in [1.54, 1.807) is 6.92 Å². The summed E-state index contributed by atoms with van der Waals surface area (Å²) in [5.74, 6) is -0.302. The van der Waals surface area contributed by atoms with E-state index in [1.807, 2.05) is 0 Å². The van der Waals surface area contributed by atoms with Gasteiger partial charge in [-0.2, -0.15) is 0 Å². The normalized spacial score (nSPS) is 15.8. The second kappa shape index (κ2) is 6.86. The summed E-state index contributed by atoms with van der Waals surface area (Å²) >= 11 is 0. The average Bonchev–Trinajstić information content (AvgIpc) is 2.11. The Bertz CT molecular complexity index is 327. The molecule has 0 aliphatic heterocycles. The Kier molecular flexibility index (Phi) is 6.71. The van der Waals surface area contributed by atoms with E-state index >= 15 is 0 Å². The van der Waals surface area contributed by atoms with Crippen LogP contribution < -0.4 is 0 Å². The van der Waals surface area contributed by atoms with Crippen LogP contribution in [0.25, 0.3) is 0 Å². The monoisotopic (exact) mass is 302 g/mol. The molecule has 0 saturated carbocycles. The molecule has 2 atom stereocenters. The van der Waals surface area contributed by atoms with Crippen LogP contribution in [-0.2, 0) is 13.6 Å². The molecule has 0 amide bonds. The predicted molar refractivity (Wildman–Crippen MR) is 86.4 cm³/mol. The number of hydrogen-bond acceptors (Lipinski definition) is 3. The molecule has 0 aromatic carbocycles. The zero-order valence-electron chi connectivity index (χ0n) is 13.8. The Morgan fingerprint density at radius 3 is 2.11 bits per heavy atom. The highest BCUT2D eigenvalue weighted by Gasteiger charge is 2.35. The topological polar surface area (TPSA) is 35.5 Å². The minimum absolute atomic E-state index is 0.0840. The van der Waals surface area contributed by atoms with Crippen molar-refractivity contribution in [2.45, 2.75) is 59.4 Å². The molecule has 0 radical (unpaired) electrons. The van der Waals surface area contributed by atoms with Gasteiger partial charge in [0, 0.05) is 11.1 Å². The van der Waals surface area contributed by atoms with E-state index in [9.17, 15) is 4.79 Å². The van der Waals surface area contributed by atoms with Crippen LogP contribution in [0, 0.1) is 5.41 Å². The molecule has 0 fully saturated rings. The Balaban J connectivity index is 4.75. The lowest BCUT2D eigenvalue weighted by Crippen LogP contribution is -2.41. The summed E-state index contributed by atoms with van der Waals surface area (Å²) in [5.41, 5.74) is 0.844. The molecular weight excluding hydrogens is 272 g/mol. The molecule has 0 aliphatic rings. The third kappa shape index (κ3) is 7.69. The minimum Gasteiger partial charge on any atom is -0.462 e. The van der Waals surface area contributed by atoms with Gasteiger partial charge in [0.25, 0.3) is 0 Å². The average molecular weight is 303 g/mol. The molecule has 5 heteroatoms. The highest BCUT2D eigenvalue weighted by atomic mass is 28.4. The summed E-state index contributed by atoms with van der Waals surface area (Å²) in [6, 6.07) is 0. The van der Waals surface area contributed by atoms with Gasteiger partial charge in [0.1, 0.15) is 0 Å². The van der Waals surface area contributed by atoms with Gasteiger partial charge in [-0.15, -0.1) is 0 Å². The fourth-order valence-corrected chi connectivity index (χ4v) is 8.91. The maximum atomic E-state index is 11.5. The first-order chi connectivity index (χ1) is 8.34. The Labute approximate surface area is 121 Å². The highest BCUT2D eigenvalue weighted by molar-refractivity contribution is 6.77. The van der Waals surface area contributed by atoms with Crippen LogP contribution in [0.1, 0.15) is 27.7 Å². The van der Waals surface area contributed by atoms with Gasteiger partial charge in [0.2, 0.25) is 0 Å². The van der Waals surface area contributed by atoms with Crippen molar-refractivity contribution < 1.29 is 13.6 Å². The molecule has 0 heterocycles. The van der Waals surface area contributed by atoms with E-state index < -0.39 is 17.4 Å². The summed E-state index contributed by atoms with van der Waals surface area (Å²) in [6.45, 7) is 21.1. The van der Waals surface area contributed by atoms with Gasteiger partial charge in [-0.3, -0.25) is 0 Å². The molecule has 2 unspecified atom stereocenters.